The largest absolute Gasteiger partial charge is 0.353 e. The van der Waals surface area contributed by atoms with Gasteiger partial charge in [0.05, 0.1) is 6.20 Å². The standard InChI is InChI=1S/C13H14N4O2/c18-13(11-4-6-15-19-11)17-9-7-16(8-10-17)12-3-1-2-5-14-12/h1-6H,7-10H2. The Hall–Kier alpha value is -2.37. The zero-order valence-corrected chi connectivity index (χ0v) is 10.4. The number of hydrogen-bond acceptors (Lipinski definition) is 5. The summed E-state index contributed by atoms with van der Waals surface area (Å²) in [5, 5.41) is 3.56. The molecule has 2 aromatic heterocycles. The van der Waals surface area contributed by atoms with E-state index in [1.807, 2.05) is 18.2 Å². The lowest BCUT2D eigenvalue weighted by molar-refractivity contribution is 0.0704. The van der Waals surface area contributed by atoms with Gasteiger partial charge in [0.2, 0.25) is 5.76 Å². The minimum atomic E-state index is -0.0989. The molecule has 98 valence electrons. The molecule has 0 spiro atoms. The van der Waals surface area contributed by atoms with E-state index in [-0.39, 0.29) is 5.91 Å². The normalized spacial score (nSPS) is 15.6. The molecule has 0 saturated carbocycles. The van der Waals surface area contributed by atoms with Crippen LogP contribution in [0.1, 0.15) is 10.6 Å². The fourth-order valence-corrected chi connectivity index (χ4v) is 2.16. The fraction of sp³-hybridized carbons (Fsp3) is 0.308. The molecule has 6 heteroatoms. The topological polar surface area (TPSA) is 62.5 Å². The van der Waals surface area contributed by atoms with E-state index in [1.165, 1.54) is 6.20 Å². The summed E-state index contributed by atoms with van der Waals surface area (Å²) in [4.78, 5) is 20.3. The van der Waals surface area contributed by atoms with E-state index in [4.69, 9.17) is 4.52 Å². The van der Waals surface area contributed by atoms with E-state index in [9.17, 15) is 4.79 Å². The van der Waals surface area contributed by atoms with E-state index in [0.29, 0.717) is 18.8 Å². The minimum absolute atomic E-state index is 0.0989. The van der Waals surface area contributed by atoms with Crippen LogP contribution < -0.4 is 4.90 Å². The van der Waals surface area contributed by atoms with Gasteiger partial charge in [0.1, 0.15) is 5.82 Å². The molecule has 1 fully saturated rings. The molecule has 0 bridgehead atoms. The van der Waals surface area contributed by atoms with Crippen molar-refractivity contribution in [2.45, 2.75) is 0 Å². The summed E-state index contributed by atoms with van der Waals surface area (Å²) >= 11 is 0. The van der Waals surface area contributed by atoms with Gasteiger partial charge in [-0.05, 0) is 12.1 Å². The van der Waals surface area contributed by atoms with Crippen molar-refractivity contribution in [1.82, 2.24) is 15.0 Å². The number of aromatic nitrogens is 2. The van der Waals surface area contributed by atoms with Gasteiger partial charge in [-0.25, -0.2) is 4.98 Å². The highest BCUT2D eigenvalue weighted by atomic mass is 16.5. The predicted molar refractivity (Wildman–Crippen MR) is 68.9 cm³/mol. The van der Waals surface area contributed by atoms with Crippen molar-refractivity contribution in [1.29, 1.82) is 0 Å². The van der Waals surface area contributed by atoms with Crippen LogP contribution in [0.25, 0.3) is 0 Å². The molecule has 0 N–H and O–H groups in total. The number of anilines is 1. The van der Waals surface area contributed by atoms with E-state index in [2.05, 4.69) is 15.0 Å². The Balaban J connectivity index is 1.62. The smallest absolute Gasteiger partial charge is 0.292 e. The molecular weight excluding hydrogens is 244 g/mol. The molecule has 1 aliphatic heterocycles. The van der Waals surface area contributed by atoms with Gasteiger partial charge >= 0.3 is 0 Å². The Labute approximate surface area is 110 Å². The summed E-state index contributed by atoms with van der Waals surface area (Å²) in [6, 6.07) is 7.43. The number of pyridine rings is 1. The minimum Gasteiger partial charge on any atom is -0.353 e. The van der Waals surface area contributed by atoms with E-state index in [1.54, 1.807) is 17.2 Å². The molecule has 0 aromatic carbocycles. The lowest BCUT2D eigenvalue weighted by Gasteiger charge is -2.34. The Morgan fingerprint density at radius 1 is 1.11 bits per heavy atom. The van der Waals surface area contributed by atoms with Crippen LogP contribution in [0.5, 0.6) is 0 Å². The first-order valence-electron chi connectivity index (χ1n) is 6.20. The van der Waals surface area contributed by atoms with Crippen LogP contribution in [0, 0.1) is 0 Å². The van der Waals surface area contributed by atoms with E-state index in [0.717, 1.165) is 18.9 Å². The number of hydrogen-bond donors (Lipinski definition) is 0. The monoisotopic (exact) mass is 258 g/mol. The maximum atomic E-state index is 12.1. The first kappa shape index (κ1) is 11.7. The highest BCUT2D eigenvalue weighted by Gasteiger charge is 2.24. The van der Waals surface area contributed by atoms with E-state index >= 15 is 0 Å². The van der Waals surface area contributed by atoms with Gasteiger partial charge in [0, 0.05) is 38.4 Å². The quantitative estimate of drug-likeness (QED) is 0.805. The van der Waals surface area contributed by atoms with Crippen molar-refractivity contribution >= 4 is 11.7 Å². The van der Waals surface area contributed by atoms with Gasteiger partial charge in [0.25, 0.3) is 5.91 Å². The average molecular weight is 258 g/mol. The molecule has 0 atom stereocenters. The third kappa shape index (κ3) is 2.42. The Morgan fingerprint density at radius 2 is 1.95 bits per heavy atom. The van der Waals surface area contributed by atoms with Gasteiger partial charge in [-0.15, -0.1) is 0 Å². The molecule has 1 saturated heterocycles. The number of rotatable bonds is 2. The summed E-state index contributed by atoms with van der Waals surface area (Å²) in [5.41, 5.74) is 0. The van der Waals surface area contributed by atoms with Crippen LogP contribution in [0.2, 0.25) is 0 Å². The Morgan fingerprint density at radius 3 is 2.58 bits per heavy atom. The van der Waals surface area contributed by atoms with Crippen molar-refractivity contribution in [2.75, 3.05) is 31.1 Å². The molecule has 3 rings (SSSR count). The molecular formula is C13H14N4O2. The molecule has 3 heterocycles. The van der Waals surface area contributed by atoms with Crippen molar-refractivity contribution in [3.05, 3.63) is 42.4 Å². The Kier molecular flexibility index (Phi) is 3.14. The molecule has 19 heavy (non-hydrogen) atoms. The van der Waals surface area contributed by atoms with Crippen LogP contribution >= 0.6 is 0 Å². The van der Waals surface area contributed by atoms with Crippen molar-refractivity contribution in [2.24, 2.45) is 0 Å². The van der Waals surface area contributed by atoms with Crippen molar-refractivity contribution < 1.29 is 9.32 Å². The average Bonchev–Trinajstić information content (AvgIpc) is 3.02. The molecule has 0 unspecified atom stereocenters. The molecule has 1 amide bonds. The van der Waals surface area contributed by atoms with Crippen LogP contribution in [0.4, 0.5) is 5.82 Å². The number of nitrogens with zero attached hydrogens (tertiary/aromatic N) is 4. The lowest BCUT2D eigenvalue weighted by atomic mass is 10.2. The molecule has 0 aliphatic carbocycles. The summed E-state index contributed by atoms with van der Waals surface area (Å²) < 4.78 is 4.89. The third-order valence-corrected chi connectivity index (χ3v) is 3.19. The second kappa shape index (κ2) is 5.09. The van der Waals surface area contributed by atoms with Crippen LogP contribution in [0.3, 0.4) is 0 Å². The van der Waals surface area contributed by atoms with E-state index < -0.39 is 0 Å². The van der Waals surface area contributed by atoms with Crippen molar-refractivity contribution in [3.8, 4) is 0 Å². The van der Waals surface area contributed by atoms with Crippen molar-refractivity contribution in [3.63, 3.8) is 0 Å². The molecule has 0 radical (unpaired) electrons. The lowest BCUT2D eigenvalue weighted by Crippen LogP contribution is -2.49. The van der Waals surface area contributed by atoms with Gasteiger partial charge in [-0.3, -0.25) is 4.79 Å². The highest BCUT2D eigenvalue weighted by Crippen LogP contribution is 2.14. The summed E-state index contributed by atoms with van der Waals surface area (Å²) in [6.45, 7) is 2.87. The molecule has 1 aliphatic rings. The maximum absolute atomic E-state index is 12.1. The highest BCUT2D eigenvalue weighted by molar-refractivity contribution is 5.91. The first-order chi connectivity index (χ1) is 9.34. The van der Waals surface area contributed by atoms with Gasteiger partial charge in [0.15, 0.2) is 0 Å². The van der Waals surface area contributed by atoms with Crippen LogP contribution in [-0.4, -0.2) is 47.1 Å². The third-order valence-electron chi connectivity index (χ3n) is 3.19. The zero-order valence-electron chi connectivity index (χ0n) is 10.4. The summed E-state index contributed by atoms with van der Waals surface area (Å²) in [5.74, 6) is 1.15. The first-order valence-corrected chi connectivity index (χ1v) is 6.20. The predicted octanol–water partition coefficient (Wildman–Crippen LogP) is 1.03. The number of amides is 1. The second-order valence-electron chi connectivity index (χ2n) is 4.34. The molecule has 6 nitrogen and oxygen atoms in total. The fourth-order valence-electron chi connectivity index (χ4n) is 2.16. The second-order valence-corrected chi connectivity index (χ2v) is 4.34. The zero-order chi connectivity index (χ0) is 13.1. The Bertz CT molecular complexity index is 533. The van der Waals surface area contributed by atoms with Gasteiger partial charge < -0.3 is 14.3 Å². The van der Waals surface area contributed by atoms with Crippen LogP contribution in [0.15, 0.2) is 41.2 Å². The van der Waals surface area contributed by atoms with Crippen LogP contribution in [-0.2, 0) is 0 Å². The van der Waals surface area contributed by atoms with Gasteiger partial charge in [-0.1, -0.05) is 11.2 Å². The van der Waals surface area contributed by atoms with Gasteiger partial charge in [-0.2, -0.15) is 0 Å². The summed E-state index contributed by atoms with van der Waals surface area (Å²) in [7, 11) is 0. The SMILES string of the molecule is O=C(c1ccno1)N1CCN(c2ccccn2)CC1. The molecule has 2 aromatic rings. The summed E-state index contributed by atoms with van der Waals surface area (Å²) in [6.07, 6.45) is 3.26. The number of piperazine rings is 1. The number of carbonyl (C=O) groups is 1. The number of carbonyl (C=O) groups excluding carboxylic acids is 1. The maximum Gasteiger partial charge on any atom is 0.292 e.